The molecule has 0 aliphatic carbocycles. The zero-order chi connectivity index (χ0) is 11.1. The summed E-state index contributed by atoms with van der Waals surface area (Å²) in [6, 6.07) is 2.29. The minimum absolute atomic E-state index is 0.215. The smallest absolute Gasteiger partial charge is 0.0809 e. The molecule has 0 aromatic rings. The minimum atomic E-state index is -0.215. The van der Waals surface area contributed by atoms with Gasteiger partial charge in [-0.2, -0.15) is 5.26 Å². The van der Waals surface area contributed by atoms with E-state index in [-0.39, 0.29) is 5.41 Å². The van der Waals surface area contributed by atoms with Crippen LogP contribution in [0.15, 0.2) is 0 Å². The molecule has 0 bridgehead atoms. The van der Waals surface area contributed by atoms with E-state index in [1.165, 1.54) is 0 Å². The molecule has 1 aliphatic heterocycles. The molecule has 0 spiro atoms. The van der Waals surface area contributed by atoms with Gasteiger partial charge in [-0.1, -0.05) is 0 Å². The van der Waals surface area contributed by atoms with Crippen LogP contribution in [0.4, 0.5) is 0 Å². The number of nitrogens with zero attached hydrogens (tertiary/aromatic N) is 1. The topological polar surface area (TPSA) is 42.2 Å². The first kappa shape index (κ1) is 12.5. The van der Waals surface area contributed by atoms with Gasteiger partial charge in [0.05, 0.1) is 24.2 Å². The Morgan fingerprint density at radius 3 is 2.93 bits per heavy atom. The molecule has 0 radical (unpaired) electrons. The van der Waals surface area contributed by atoms with Crippen LogP contribution in [-0.2, 0) is 9.47 Å². The third-order valence-corrected chi connectivity index (χ3v) is 2.72. The fraction of sp³-hybridized carbons (Fsp3) is 0.917. The number of hydrogen-bond acceptors (Lipinski definition) is 3. The van der Waals surface area contributed by atoms with Crippen molar-refractivity contribution in [3.8, 4) is 6.07 Å². The van der Waals surface area contributed by atoms with Crippen molar-refractivity contribution in [1.29, 1.82) is 5.26 Å². The SMILES string of the molecule is CC(C)(C#N)CCCOCC1CCCO1. The fourth-order valence-electron chi connectivity index (χ4n) is 1.66. The molecule has 3 heteroatoms. The summed E-state index contributed by atoms with van der Waals surface area (Å²) < 4.78 is 11.0. The van der Waals surface area contributed by atoms with Crippen molar-refractivity contribution in [3.63, 3.8) is 0 Å². The van der Waals surface area contributed by atoms with Crippen LogP contribution in [0.5, 0.6) is 0 Å². The summed E-state index contributed by atoms with van der Waals surface area (Å²) in [5, 5.41) is 8.81. The lowest BCUT2D eigenvalue weighted by Gasteiger charge is -2.15. The van der Waals surface area contributed by atoms with E-state index in [0.717, 1.165) is 38.9 Å². The summed E-state index contributed by atoms with van der Waals surface area (Å²) in [5.74, 6) is 0. The van der Waals surface area contributed by atoms with E-state index in [4.69, 9.17) is 14.7 Å². The summed E-state index contributed by atoms with van der Waals surface area (Å²) in [6.45, 7) is 6.27. The van der Waals surface area contributed by atoms with Gasteiger partial charge in [0.25, 0.3) is 0 Å². The zero-order valence-electron chi connectivity index (χ0n) is 9.79. The summed E-state index contributed by atoms with van der Waals surface area (Å²) in [7, 11) is 0. The molecule has 1 atom stereocenters. The second-order valence-electron chi connectivity index (χ2n) is 4.81. The van der Waals surface area contributed by atoms with Gasteiger partial charge in [-0.05, 0) is 39.5 Å². The normalized spacial score (nSPS) is 21.5. The van der Waals surface area contributed by atoms with Crippen molar-refractivity contribution < 1.29 is 9.47 Å². The van der Waals surface area contributed by atoms with Crippen LogP contribution < -0.4 is 0 Å². The average Bonchev–Trinajstić information content (AvgIpc) is 2.70. The molecule has 1 heterocycles. The maximum absolute atomic E-state index is 8.81. The lowest BCUT2D eigenvalue weighted by Crippen LogP contribution is -2.15. The second-order valence-corrected chi connectivity index (χ2v) is 4.81. The van der Waals surface area contributed by atoms with E-state index in [2.05, 4.69) is 6.07 Å². The fourth-order valence-corrected chi connectivity index (χ4v) is 1.66. The molecule has 0 aromatic heterocycles. The molecule has 0 aromatic carbocycles. The van der Waals surface area contributed by atoms with Crippen molar-refractivity contribution in [2.24, 2.45) is 5.41 Å². The third-order valence-electron chi connectivity index (χ3n) is 2.72. The molecular formula is C12H21NO2. The molecule has 0 amide bonds. The zero-order valence-corrected chi connectivity index (χ0v) is 9.79. The first-order valence-electron chi connectivity index (χ1n) is 5.75. The Kier molecular flexibility index (Phi) is 5.07. The van der Waals surface area contributed by atoms with E-state index in [1.807, 2.05) is 13.8 Å². The summed E-state index contributed by atoms with van der Waals surface area (Å²) >= 11 is 0. The maximum atomic E-state index is 8.81. The highest BCUT2D eigenvalue weighted by Crippen LogP contribution is 2.20. The Bertz CT molecular complexity index is 214. The van der Waals surface area contributed by atoms with Crippen molar-refractivity contribution in [3.05, 3.63) is 0 Å². The van der Waals surface area contributed by atoms with Crippen LogP contribution in [0.1, 0.15) is 39.5 Å². The van der Waals surface area contributed by atoms with E-state index < -0.39 is 0 Å². The Labute approximate surface area is 92.4 Å². The van der Waals surface area contributed by atoms with E-state index >= 15 is 0 Å². The Balaban J connectivity index is 1.95. The Morgan fingerprint density at radius 1 is 1.53 bits per heavy atom. The first-order valence-corrected chi connectivity index (χ1v) is 5.75. The van der Waals surface area contributed by atoms with Crippen molar-refractivity contribution in [1.82, 2.24) is 0 Å². The third kappa shape index (κ3) is 5.15. The Hall–Kier alpha value is -0.590. The molecule has 1 saturated heterocycles. The van der Waals surface area contributed by atoms with Gasteiger partial charge in [0.1, 0.15) is 0 Å². The van der Waals surface area contributed by atoms with Gasteiger partial charge in [-0.15, -0.1) is 0 Å². The molecule has 1 aliphatic rings. The molecule has 86 valence electrons. The van der Waals surface area contributed by atoms with Crippen LogP contribution in [0.3, 0.4) is 0 Å². The second kappa shape index (κ2) is 6.09. The summed E-state index contributed by atoms with van der Waals surface area (Å²) in [5.41, 5.74) is -0.215. The average molecular weight is 211 g/mol. The number of nitriles is 1. The standard InChI is InChI=1S/C12H21NO2/c1-12(2,10-13)6-4-7-14-9-11-5-3-8-15-11/h11H,3-9H2,1-2H3. The minimum Gasteiger partial charge on any atom is -0.379 e. The quantitative estimate of drug-likeness (QED) is 0.634. The lowest BCUT2D eigenvalue weighted by molar-refractivity contribution is 0.0150. The highest BCUT2D eigenvalue weighted by atomic mass is 16.5. The highest BCUT2D eigenvalue weighted by molar-refractivity contribution is 4.91. The molecule has 3 nitrogen and oxygen atoms in total. The van der Waals surface area contributed by atoms with Gasteiger partial charge in [-0.3, -0.25) is 0 Å². The molecular weight excluding hydrogens is 190 g/mol. The predicted molar refractivity (Wildman–Crippen MR) is 58.4 cm³/mol. The molecule has 1 fully saturated rings. The van der Waals surface area contributed by atoms with Crippen LogP contribution in [-0.4, -0.2) is 25.9 Å². The van der Waals surface area contributed by atoms with Gasteiger partial charge in [0, 0.05) is 13.2 Å². The Morgan fingerprint density at radius 2 is 2.33 bits per heavy atom. The predicted octanol–water partition coefficient (Wildman–Crippen LogP) is 2.51. The van der Waals surface area contributed by atoms with E-state index in [0.29, 0.717) is 12.7 Å². The molecule has 0 saturated carbocycles. The lowest BCUT2D eigenvalue weighted by atomic mass is 9.90. The monoisotopic (exact) mass is 211 g/mol. The van der Waals surface area contributed by atoms with Crippen molar-refractivity contribution in [2.75, 3.05) is 19.8 Å². The molecule has 1 rings (SSSR count). The van der Waals surface area contributed by atoms with Gasteiger partial charge in [0.2, 0.25) is 0 Å². The van der Waals surface area contributed by atoms with E-state index in [9.17, 15) is 0 Å². The number of hydrogen-bond donors (Lipinski definition) is 0. The highest BCUT2D eigenvalue weighted by Gasteiger charge is 2.17. The molecule has 0 N–H and O–H groups in total. The maximum Gasteiger partial charge on any atom is 0.0809 e. The van der Waals surface area contributed by atoms with Gasteiger partial charge < -0.3 is 9.47 Å². The van der Waals surface area contributed by atoms with Gasteiger partial charge >= 0.3 is 0 Å². The van der Waals surface area contributed by atoms with Crippen molar-refractivity contribution in [2.45, 2.75) is 45.6 Å². The summed E-state index contributed by atoms with van der Waals surface area (Å²) in [4.78, 5) is 0. The van der Waals surface area contributed by atoms with Crippen LogP contribution in [0.25, 0.3) is 0 Å². The van der Waals surface area contributed by atoms with Gasteiger partial charge in [-0.25, -0.2) is 0 Å². The summed E-state index contributed by atoms with van der Waals surface area (Å²) in [6.07, 6.45) is 4.45. The van der Waals surface area contributed by atoms with Crippen LogP contribution >= 0.6 is 0 Å². The van der Waals surface area contributed by atoms with E-state index in [1.54, 1.807) is 0 Å². The number of ether oxygens (including phenoxy) is 2. The van der Waals surface area contributed by atoms with Crippen LogP contribution in [0.2, 0.25) is 0 Å². The van der Waals surface area contributed by atoms with Crippen LogP contribution in [0, 0.1) is 16.7 Å². The van der Waals surface area contributed by atoms with Gasteiger partial charge in [0.15, 0.2) is 0 Å². The molecule has 15 heavy (non-hydrogen) atoms. The molecule has 1 unspecified atom stereocenters. The first-order chi connectivity index (χ1) is 7.14. The largest absolute Gasteiger partial charge is 0.379 e. The number of rotatable bonds is 6. The van der Waals surface area contributed by atoms with Crippen molar-refractivity contribution >= 4 is 0 Å².